The average molecular weight is 664 g/mol. The Morgan fingerprint density at radius 1 is 0.897 bits per heavy atom. The summed E-state index contributed by atoms with van der Waals surface area (Å²) in [5, 5.41) is 10.7. The molecule has 39 heavy (non-hydrogen) atoms. The van der Waals surface area contributed by atoms with Gasteiger partial charge in [-0.3, -0.25) is 34.2 Å². The highest BCUT2D eigenvalue weighted by atomic mass is 79.9. The van der Waals surface area contributed by atoms with Crippen LogP contribution in [0.25, 0.3) is 0 Å². The number of non-ortho nitro benzene ring substituents is 1. The molecular formula is C26H20Br2N2O9. The minimum Gasteiger partial charge on any atom is -0.456 e. The largest absolute Gasteiger partial charge is 0.456 e. The molecule has 0 aromatic heterocycles. The van der Waals surface area contributed by atoms with Crippen molar-refractivity contribution in [1.82, 2.24) is 4.90 Å². The number of imide groups is 1. The fourth-order valence-electron chi connectivity index (χ4n) is 5.56. The van der Waals surface area contributed by atoms with E-state index in [9.17, 15) is 34.1 Å². The van der Waals surface area contributed by atoms with Crippen molar-refractivity contribution in [2.45, 2.75) is 16.1 Å². The Bertz CT molecular complexity index is 1350. The Kier molecular flexibility index (Phi) is 7.38. The van der Waals surface area contributed by atoms with Crippen LogP contribution in [0.15, 0.2) is 48.5 Å². The van der Waals surface area contributed by atoms with Gasteiger partial charge >= 0.3 is 11.9 Å². The molecule has 1 saturated heterocycles. The Hall–Kier alpha value is -3.45. The summed E-state index contributed by atoms with van der Waals surface area (Å²) in [6.07, 6.45) is 0.778. The van der Waals surface area contributed by atoms with Crippen molar-refractivity contribution in [2.75, 3.05) is 13.2 Å². The number of alkyl halides is 2. The molecule has 5 rings (SSSR count). The second kappa shape index (κ2) is 10.6. The summed E-state index contributed by atoms with van der Waals surface area (Å²) < 4.78 is 10.3. The van der Waals surface area contributed by atoms with Gasteiger partial charge in [0, 0.05) is 27.4 Å². The van der Waals surface area contributed by atoms with Crippen LogP contribution in [0.5, 0.6) is 5.75 Å². The number of nitrogens with zero attached hydrogens (tertiary/aromatic N) is 2. The number of halogens is 2. The number of amides is 2. The van der Waals surface area contributed by atoms with Crippen LogP contribution in [0.1, 0.15) is 27.1 Å². The number of nitro groups is 1. The number of carbonyl (C=O) groups excluding carboxylic acids is 5. The minimum absolute atomic E-state index is 0.0276. The molecule has 2 aromatic rings. The second-order valence-corrected chi connectivity index (χ2v) is 11.7. The zero-order valence-corrected chi connectivity index (χ0v) is 23.2. The van der Waals surface area contributed by atoms with Crippen LogP contribution in [-0.4, -0.2) is 62.2 Å². The lowest BCUT2D eigenvalue weighted by Crippen LogP contribution is -2.38. The molecule has 13 heteroatoms. The molecule has 0 N–H and O–H groups in total. The highest BCUT2D eigenvalue weighted by Gasteiger charge is 2.66. The highest BCUT2D eigenvalue weighted by molar-refractivity contribution is 9.12. The number of nitro benzene ring substituents is 1. The van der Waals surface area contributed by atoms with E-state index in [0.717, 1.165) is 11.3 Å². The lowest BCUT2D eigenvalue weighted by molar-refractivity contribution is -0.384. The van der Waals surface area contributed by atoms with E-state index in [4.69, 9.17) is 9.47 Å². The number of rotatable bonds is 8. The molecule has 3 fully saturated rings. The van der Waals surface area contributed by atoms with Crippen LogP contribution in [0, 0.1) is 33.8 Å². The maximum atomic E-state index is 12.9. The first-order valence-corrected chi connectivity index (χ1v) is 13.8. The topological polar surface area (TPSA) is 150 Å². The molecule has 2 bridgehead atoms. The van der Waals surface area contributed by atoms with Crippen molar-refractivity contribution < 1.29 is 38.4 Å². The molecule has 6 atom stereocenters. The van der Waals surface area contributed by atoms with Gasteiger partial charge in [0.1, 0.15) is 12.3 Å². The summed E-state index contributed by atoms with van der Waals surface area (Å²) >= 11 is 7.22. The van der Waals surface area contributed by atoms with Crippen molar-refractivity contribution in [1.29, 1.82) is 0 Å². The predicted octanol–water partition coefficient (Wildman–Crippen LogP) is 3.32. The number of ketones is 1. The fraction of sp³-hybridized carbons (Fsp3) is 0.346. The molecule has 2 amide bonds. The number of likely N-dealkylation sites (tertiary alicyclic amines) is 1. The standard InChI is InChI=1S/C26H20Br2N2O9/c27-22-16-9-17(23(22)28)21-20(16)24(33)29(25(21)34)10-19(32)38-11-18(31)12-3-7-15(8-4-12)39-26(35)13-1-5-14(6-2-13)30(36)37/h1-8,16-17,20-23H,9-11H2/t16-,17-,20-,21+,22-,23+/m1/s1. The van der Waals surface area contributed by atoms with Crippen molar-refractivity contribution in [3.05, 3.63) is 69.8 Å². The molecule has 0 radical (unpaired) electrons. The molecule has 11 nitrogen and oxygen atoms in total. The first-order valence-electron chi connectivity index (χ1n) is 12.0. The number of carbonyl (C=O) groups is 5. The number of hydrogen-bond acceptors (Lipinski definition) is 9. The van der Waals surface area contributed by atoms with Gasteiger partial charge in [-0.2, -0.15) is 0 Å². The first-order chi connectivity index (χ1) is 18.6. The van der Waals surface area contributed by atoms with Crippen LogP contribution >= 0.6 is 31.9 Å². The van der Waals surface area contributed by atoms with Crippen molar-refractivity contribution in [3.8, 4) is 5.75 Å². The molecule has 3 aliphatic rings. The quantitative estimate of drug-likeness (QED) is 0.0788. The summed E-state index contributed by atoms with van der Waals surface area (Å²) in [5.41, 5.74) is 0.130. The van der Waals surface area contributed by atoms with Gasteiger partial charge in [0.2, 0.25) is 11.8 Å². The fourth-order valence-corrected chi connectivity index (χ4v) is 7.44. The summed E-state index contributed by atoms with van der Waals surface area (Å²) in [4.78, 5) is 74.2. The molecule has 202 valence electrons. The van der Waals surface area contributed by atoms with E-state index in [1.807, 2.05) is 0 Å². The summed E-state index contributed by atoms with van der Waals surface area (Å²) in [6.45, 7) is -1.14. The third-order valence-electron chi connectivity index (χ3n) is 7.43. The van der Waals surface area contributed by atoms with Gasteiger partial charge in [0.15, 0.2) is 12.4 Å². The normalized spacial score (nSPS) is 26.9. The molecule has 2 aromatic carbocycles. The van der Waals surface area contributed by atoms with Gasteiger partial charge in [-0.05, 0) is 54.7 Å². The van der Waals surface area contributed by atoms with E-state index in [2.05, 4.69) is 31.9 Å². The van der Waals surface area contributed by atoms with Gasteiger partial charge in [-0.15, -0.1) is 0 Å². The maximum Gasteiger partial charge on any atom is 0.343 e. The number of hydrogen-bond donors (Lipinski definition) is 0. The molecule has 2 saturated carbocycles. The third kappa shape index (κ3) is 5.00. The van der Waals surface area contributed by atoms with Gasteiger partial charge in [0.25, 0.3) is 5.69 Å². The summed E-state index contributed by atoms with van der Waals surface area (Å²) in [7, 11) is 0. The highest BCUT2D eigenvalue weighted by Crippen LogP contribution is 2.60. The smallest absolute Gasteiger partial charge is 0.343 e. The van der Waals surface area contributed by atoms with Gasteiger partial charge in [-0.1, -0.05) is 31.9 Å². The monoisotopic (exact) mass is 662 g/mol. The van der Waals surface area contributed by atoms with Crippen LogP contribution in [0.4, 0.5) is 5.69 Å². The molecular weight excluding hydrogens is 644 g/mol. The van der Waals surface area contributed by atoms with Gasteiger partial charge in [0.05, 0.1) is 22.3 Å². The number of esters is 2. The molecule has 1 heterocycles. The van der Waals surface area contributed by atoms with Crippen molar-refractivity contribution >= 4 is 67.1 Å². The van der Waals surface area contributed by atoms with Crippen molar-refractivity contribution in [3.63, 3.8) is 0 Å². The second-order valence-electron chi connectivity index (χ2n) is 9.57. The first kappa shape index (κ1) is 27.1. The SMILES string of the molecule is O=C(CN1C(=O)[C@@H]2[C@H]3C[C@@H]([C@H](Br)[C@@H]3Br)[C@@H]2C1=O)OCC(=O)c1ccc(OC(=O)c2ccc([N+](=O)[O-])cc2)cc1. The minimum atomic E-state index is -0.864. The van der Waals surface area contributed by atoms with Crippen LogP contribution < -0.4 is 4.74 Å². The molecule has 0 unspecified atom stereocenters. The number of ether oxygens (including phenoxy) is 2. The Morgan fingerprint density at radius 2 is 1.44 bits per heavy atom. The van der Waals surface area contributed by atoms with E-state index in [0.29, 0.717) is 0 Å². The number of fused-ring (bicyclic) bond motifs is 5. The van der Waals surface area contributed by atoms with Crippen LogP contribution in [0.3, 0.4) is 0 Å². The molecule has 0 spiro atoms. The summed E-state index contributed by atoms with van der Waals surface area (Å²) in [5.74, 6) is -3.57. The number of benzene rings is 2. The van der Waals surface area contributed by atoms with Crippen molar-refractivity contribution in [2.24, 2.45) is 23.7 Å². The van der Waals surface area contributed by atoms with Crippen LogP contribution in [0.2, 0.25) is 0 Å². The zero-order chi connectivity index (χ0) is 28.0. The number of Topliss-reactive ketones (excluding diaryl/α,β-unsaturated/α-hetero) is 1. The lowest BCUT2D eigenvalue weighted by atomic mass is 9.81. The molecule has 2 aliphatic carbocycles. The lowest BCUT2D eigenvalue weighted by Gasteiger charge is -2.28. The summed E-state index contributed by atoms with van der Waals surface area (Å²) in [6, 6.07) is 10.4. The maximum absolute atomic E-state index is 12.9. The Balaban J connectivity index is 1.12. The van der Waals surface area contributed by atoms with Gasteiger partial charge < -0.3 is 9.47 Å². The van der Waals surface area contributed by atoms with E-state index in [1.54, 1.807) is 0 Å². The average Bonchev–Trinajstić information content (AvgIpc) is 3.53. The Labute approximate surface area is 238 Å². The van der Waals surface area contributed by atoms with E-state index < -0.39 is 47.6 Å². The van der Waals surface area contributed by atoms with Gasteiger partial charge in [-0.25, -0.2) is 4.79 Å². The van der Waals surface area contributed by atoms with Crippen LogP contribution in [-0.2, 0) is 19.1 Å². The third-order valence-corrected chi connectivity index (χ3v) is 10.6. The Morgan fingerprint density at radius 3 is 1.97 bits per heavy atom. The van der Waals surface area contributed by atoms with E-state index in [1.165, 1.54) is 48.5 Å². The zero-order valence-electron chi connectivity index (χ0n) is 20.0. The van der Waals surface area contributed by atoms with E-state index in [-0.39, 0.29) is 55.9 Å². The van der Waals surface area contributed by atoms with E-state index >= 15 is 0 Å². The predicted molar refractivity (Wildman–Crippen MR) is 141 cm³/mol. The molecule has 1 aliphatic heterocycles.